The third-order valence-corrected chi connectivity index (χ3v) is 2.45. The van der Waals surface area contributed by atoms with Crippen LogP contribution < -0.4 is 0 Å². The van der Waals surface area contributed by atoms with Crippen LogP contribution in [0.4, 0.5) is 0 Å². The molecule has 1 saturated heterocycles. The average Bonchev–Trinajstić information content (AvgIpc) is 3.08. The first-order valence-corrected chi connectivity index (χ1v) is 4.76. The van der Waals surface area contributed by atoms with Crippen LogP contribution in [0.25, 0.3) is 0 Å². The SMILES string of the molecule is CON(C)C(=O)[C@H]1O[C@@H]1c1ccccc1. The van der Waals surface area contributed by atoms with E-state index in [4.69, 9.17) is 9.57 Å². The Morgan fingerprint density at radius 3 is 2.67 bits per heavy atom. The number of hydrogen-bond acceptors (Lipinski definition) is 3. The van der Waals surface area contributed by atoms with Crippen LogP contribution in [-0.4, -0.2) is 31.2 Å². The minimum absolute atomic E-state index is 0.115. The second-order valence-electron chi connectivity index (χ2n) is 3.41. The number of hydrogen-bond donors (Lipinski definition) is 0. The van der Waals surface area contributed by atoms with E-state index in [2.05, 4.69) is 0 Å². The maximum absolute atomic E-state index is 11.6. The van der Waals surface area contributed by atoms with Gasteiger partial charge in [-0.25, -0.2) is 5.06 Å². The van der Waals surface area contributed by atoms with Crippen LogP contribution in [0.1, 0.15) is 11.7 Å². The van der Waals surface area contributed by atoms with E-state index in [9.17, 15) is 4.79 Å². The Balaban J connectivity index is 2.00. The monoisotopic (exact) mass is 207 g/mol. The molecule has 0 unspecified atom stereocenters. The van der Waals surface area contributed by atoms with Gasteiger partial charge in [-0.3, -0.25) is 9.63 Å². The topological polar surface area (TPSA) is 42.1 Å². The van der Waals surface area contributed by atoms with Gasteiger partial charge in [-0.2, -0.15) is 0 Å². The minimum Gasteiger partial charge on any atom is -0.354 e. The summed E-state index contributed by atoms with van der Waals surface area (Å²) in [5.41, 5.74) is 1.03. The van der Waals surface area contributed by atoms with E-state index in [0.717, 1.165) is 5.56 Å². The smallest absolute Gasteiger partial charge is 0.278 e. The molecule has 0 radical (unpaired) electrons. The van der Waals surface area contributed by atoms with Gasteiger partial charge in [-0.1, -0.05) is 30.3 Å². The first-order valence-electron chi connectivity index (χ1n) is 4.76. The normalized spacial score (nSPS) is 23.6. The molecular weight excluding hydrogens is 194 g/mol. The quantitative estimate of drug-likeness (QED) is 0.551. The van der Waals surface area contributed by atoms with E-state index in [1.165, 1.54) is 12.2 Å². The van der Waals surface area contributed by atoms with Crippen molar-refractivity contribution in [2.75, 3.05) is 14.2 Å². The van der Waals surface area contributed by atoms with Crippen molar-refractivity contribution in [3.63, 3.8) is 0 Å². The van der Waals surface area contributed by atoms with Gasteiger partial charge < -0.3 is 4.74 Å². The van der Waals surface area contributed by atoms with Crippen molar-refractivity contribution >= 4 is 5.91 Å². The molecule has 1 aromatic carbocycles. The van der Waals surface area contributed by atoms with Crippen LogP contribution in [0.15, 0.2) is 30.3 Å². The summed E-state index contributed by atoms with van der Waals surface area (Å²) >= 11 is 0. The Morgan fingerprint density at radius 2 is 2.07 bits per heavy atom. The third kappa shape index (κ3) is 2.00. The number of benzene rings is 1. The summed E-state index contributed by atoms with van der Waals surface area (Å²) in [6.45, 7) is 0. The van der Waals surface area contributed by atoms with Gasteiger partial charge in [0.1, 0.15) is 6.10 Å². The molecule has 1 aromatic rings. The van der Waals surface area contributed by atoms with Crippen LogP contribution in [0.3, 0.4) is 0 Å². The van der Waals surface area contributed by atoms with Gasteiger partial charge in [-0.05, 0) is 5.56 Å². The van der Waals surface area contributed by atoms with E-state index >= 15 is 0 Å². The van der Waals surface area contributed by atoms with Gasteiger partial charge in [0.25, 0.3) is 5.91 Å². The van der Waals surface area contributed by atoms with Crippen molar-refractivity contribution < 1.29 is 14.4 Å². The van der Waals surface area contributed by atoms with Crippen LogP contribution in [0, 0.1) is 0 Å². The fourth-order valence-electron chi connectivity index (χ4n) is 1.47. The number of rotatable bonds is 3. The third-order valence-electron chi connectivity index (χ3n) is 2.45. The first-order chi connectivity index (χ1) is 7.24. The molecule has 0 N–H and O–H groups in total. The summed E-state index contributed by atoms with van der Waals surface area (Å²) in [5, 5.41) is 1.19. The Morgan fingerprint density at radius 1 is 1.40 bits per heavy atom. The van der Waals surface area contributed by atoms with Gasteiger partial charge in [-0.15, -0.1) is 0 Å². The van der Waals surface area contributed by atoms with Crippen LogP contribution in [0.5, 0.6) is 0 Å². The molecule has 1 amide bonds. The minimum atomic E-state index is -0.391. The van der Waals surface area contributed by atoms with Crippen molar-refractivity contribution in [2.24, 2.45) is 0 Å². The van der Waals surface area contributed by atoms with Gasteiger partial charge in [0.15, 0.2) is 6.10 Å². The second kappa shape index (κ2) is 4.00. The molecule has 0 bridgehead atoms. The predicted octanol–water partition coefficient (Wildman–Crippen LogP) is 1.15. The van der Waals surface area contributed by atoms with Crippen molar-refractivity contribution in [1.29, 1.82) is 0 Å². The van der Waals surface area contributed by atoms with E-state index < -0.39 is 6.10 Å². The van der Waals surface area contributed by atoms with Crippen LogP contribution >= 0.6 is 0 Å². The summed E-state index contributed by atoms with van der Waals surface area (Å²) < 4.78 is 5.32. The van der Waals surface area contributed by atoms with Crippen molar-refractivity contribution in [3.05, 3.63) is 35.9 Å². The van der Waals surface area contributed by atoms with Crippen molar-refractivity contribution in [1.82, 2.24) is 5.06 Å². The van der Waals surface area contributed by atoms with Gasteiger partial charge in [0.05, 0.1) is 7.11 Å². The zero-order chi connectivity index (χ0) is 10.8. The number of hydroxylamine groups is 2. The molecule has 4 nitrogen and oxygen atoms in total. The highest BCUT2D eigenvalue weighted by Gasteiger charge is 2.47. The molecule has 1 fully saturated rings. The summed E-state index contributed by atoms with van der Waals surface area (Å²) in [7, 11) is 3.03. The molecule has 80 valence electrons. The van der Waals surface area contributed by atoms with Crippen LogP contribution in [0.2, 0.25) is 0 Å². The standard InChI is InChI=1S/C11H13NO3/c1-12(14-2)11(13)10-9(15-10)8-6-4-3-5-7-8/h3-7,9-10H,1-2H3/t9-,10+/m1/s1. The fraction of sp³-hybridized carbons (Fsp3) is 0.364. The highest BCUT2D eigenvalue weighted by atomic mass is 16.7. The van der Waals surface area contributed by atoms with Gasteiger partial charge >= 0.3 is 0 Å². The Bertz CT molecular complexity index is 352. The lowest BCUT2D eigenvalue weighted by Crippen LogP contribution is -2.29. The fourth-order valence-corrected chi connectivity index (χ4v) is 1.47. The Hall–Kier alpha value is -1.39. The summed E-state index contributed by atoms with van der Waals surface area (Å²) in [4.78, 5) is 16.4. The van der Waals surface area contributed by atoms with Crippen LogP contribution in [-0.2, 0) is 14.4 Å². The number of carbonyl (C=O) groups is 1. The summed E-state index contributed by atoms with van der Waals surface area (Å²) in [6, 6.07) is 9.69. The van der Waals surface area contributed by atoms with Gasteiger partial charge in [0, 0.05) is 7.05 Å². The zero-order valence-corrected chi connectivity index (χ0v) is 8.71. The lowest BCUT2D eigenvalue weighted by molar-refractivity contribution is -0.170. The Kier molecular flexibility index (Phi) is 2.70. The van der Waals surface area contributed by atoms with E-state index in [1.807, 2.05) is 30.3 Å². The summed E-state index contributed by atoms with van der Waals surface area (Å²) in [5.74, 6) is -0.147. The molecule has 0 aromatic heterocycles. The maximum Gasteiger partial charge on any atom is 0.278 e. The molecule has 15 heavy (non-hydrogen) atoms. The highest BCUT2D eigenvalue weighted by molar-refractivity contribution is 5.83. The van der Waals surface area contributed by atoms with E-state index in [0.29, 0.717) is 0 Å². The molecule has 0 spiro atoms. The highest BCUT2D eigenvalue weighted by Crippen LogP contribution is 2.39. The number of carbonyl (C=O) groups excluding carboxylic acids is 1. The number of nitrogens with zero attached hydrogens (tertiary/aromatic N) is 1. The maximum atomic E-state index is 11.6. The molecule has 1 heterocycles. The largest absolute Gasteiger partial charge is 0.354 e. The van der Waals surface area contributed by atoms with Gasteiger partial charge in [0.2, 0.25) is 0 Å². The van der Waals surface area contributed by atoms with E-state index in [-0.39, 0.29) is 12.0 Å². The lowest BCUT2D eigenvalue weighted by atomic mass is 10.1. The molecular formula is C11H13NO3. The Labute approximate surface area is 88.4 Å². The number of likely N-dealkylation sites (N-methyl/N-ethyl adjacent to an activating group) is 1. The molecule has 1 aliphatic heterocycles. The first kappa shape index (κ1) is 10.1. The average molecular weight is 207 g/mol. The summed E-state index contributed by atoms with van der Waals surface area (Å²) in [6.07, 6.45) is -0.506. The number of amides is 1. The van der Waals surface area contributed by atoms with Crippen molar-refractivity contribution in [2.45, 2.75) is 12.2 Å². The molecule has 2 atom stereocenters. The number of epoxide rings is 1. The zero-order valence-electron chi connectivity index (χ0n) is 8.71. The van der Waals surface area contributed by atoms with Crippen molar-refractivity contribution in [3.8, 4) is 0 Å². The lowest BCUT2D eigenvalue weighted by Gasteiger charge is -2.11. The predicted molar refractivity (Wildman–Crippen MR) is 53.8 cm³/mol. The van der Waals surface area contributed by atoms with E-state index in [1.54, 1.807) is 7.05 Å². The molecule has 0 aliphatic carbocycles. The molecule has 0 saturated carbocycles. The molecule has 1 aliphatic rings. The second-order valence-corrected chi connectivity index (χ2v) is 3.41. The number of ether oxygens (including phenoxy) is 1. The molecule has 4 heteroatoms. The molecule has 2 rings (SSSR count).